The Bertz CT molecular complexity index is 367. The van der Waals surface area contributed by atoms with Crippen molar-refractivity contribution in [2.45, 2.75) is 25.6 Å². The highest BCUT2D eigenvalue weighted by Crippen LogP contribution is 2.32. The average molecular weight is 345 g/mol. The lowest BCUT2D eigenvalue weighted by Gasteiger charge is -2.30. The Morgan fingerprint density at radius 3 is 2.50 bits per heavy atom. The van der Waals surface area contributed by atoms with Crippen LogP contribution in [-0.4, -0.2) is 30.7 Å². The van der Waals surface area contributed by atoms with Gasteiger partial charge in [0, 0.05) is 11.4 Å². The molecule has 0 bridgehead atoms. The molecule has 0 aliphatic carbocycles. The monoisotopic (exact) mass is 344 g/mol. The highest BCUT2D eigenvalue weighted by Gasteiger charge is 2.34. The Kier molecular flexibility index (Phi) is 6.10. The lowest BCUT2D eigenvalue weighted by atomic mass is 10.2. The molecule has 7 heteroatoms. The van der Waals surface area contributed by atoms with E-state index in [4.69, 9.17) is 5.73 Å². The topological polar surface area (TPSA) is 29.3 Å². The fourth-order valence-electron chi connectivity index (χ4n) is 1.82. The summed E-state index contributed by atoms with van der Waals surface area (Å²) in [5.41, 5.74) is 5.65. The van der Waals surface area contributed by atoms with E-state index in [1.165, 1.54) is 16.2 Å². The maximum Gasteiger partial charge on any atom is 0.401 e. The first kappa shape index (κ1) is 15.9. The van der Waals surface area contributed by atoms with Crippen molar-refractivity contribution in [1.29, 1.82) is 0 Å². The summed E-state index contributed by atoms with van der Waals surface area (Å²) in [6, 6.07) is 3.29. The second-order valence-electron chi connectivity index (χ2n) is 3.98. The maximum absolute atomic E-state index is 12.6. The third-order valence-electron chi connectivity index (χ3n) is 2.48. The van der Waals surface area contributed by atoms with Crippen LogP contribution >= 0.6 is 27.3 Å². The van der Waals surface area contributed by atoms with Gasteiger partial charge in [0.25, 0.3) is 0 Å². The Balaban J connectivity index is 2.86. The predicted molar refractivity (Wildman–Crippen MR) is 71.7 cm³/mol. The lowest BCUT2D eigenvalue weighted by molar-refractivity contribution is -0.150. The van der Waals surface area contributed by atoms with Crippen molar-refractivity contribution in [1.82, 2.24) is 4.90 Å². The van der Waals surface area contributed by atoms with Crippen LogP contribution < -0.4 is 5.73 Å². The van der Waals surface area contributed by atoms with Gasteiger partial charge < -0.3 is 5.73 Å². The molecule has 1 unspecified atom stereocenters. The molecule has 1 aromatic rings. The highest BCUT2D eigenvalue weighted by atomic mass is 79.9. The molecule has 18 heavy (non-hydrogen) atoms. The molecular formula is C11H16BrF3N2S. The molecular weight excluding hydrogens is 329 g/mol. The van der Waals surface area contributed by atoms with Gasteiger partial charge in [-0.3, -0.25) is 4.90 Å². The van der Waals surface area contributed by atoms with Crippen LogP contribution in [0.5, 0.6) is 0 Å². The summed E-state index contributed by atoms with van der Waals surface area (Å²) in [6.45, 7) is 1.51. The van der Waals surface area contributed by atoms with E-state index in [1.54, 1.807) is 0 Å². The van der Waals surface area contributed by atoms with E-state index in [1.807, 2.05) is 19.1 Å². The van der Waals surface area contributed by atoms with Crippen LogP contribution in [0.3, 0.4) is 0 Å². The number of rotatable bonds is 6. The first-order valence-corrected chi connectivity index (χ1v) is 7.24. The maximum atomic E-state index is 12.6. The number of nitrogens with two attached hydrogens (primary N) is 1. The van der Waals surface area contributed by atoms with E-state index in [9.17, 15) is 13.2 Å². The van der Waals surface area contributed by atoms with Crippen LogP contribution in [0.4, 0.5) is 13.2 Å². The molecule has 2 nitrogen and oxygen atoms in total. The Hall–Kier alpha value is -0.110. The summed E-state index contributed by atoms with van der Waals surface area (Å²) in [5.74, 6) is 0. The molecule has 0 saturated carbocycles. The van der Waals surface area contributed by atoms with Gasteiger partial charge in [0.1, 0.15) is 0 Å². The number of halogens is 4. The van der Waals surface area contributed by atoms with E-state index < -0.39 is 12.7 Å². The summed E-state index contributed by atoms with van der Waals surface area (Å²) in [5, 5.41) is 0. The van der Waals surface area contributed by atoms with Gasteiger partial charge in [0.15, 0.2) is 0 Å². The summed E-state index contributed by atoms with van der Waals surface area (Å²) in [6.07, 6.45) is -3.53. The average Bonchev–Trinajstić information content (AvgIpc) is 2.64. The van der Waals surface area contributed by atoms with Crippen LogP contribution in [0.15, 0.2) is 15.9 Å². The first-order valence-electron chi connectivity index (χ1n) is 5.63. The quantitative estimate of drug-likeness (QED) is 0.850. The predicted octanol–water partition coefficient (Wildman–Crippen LogP) is 3.78. The number of thiophene rings is 1. The van der Waals surface area contributed by atoms with Crippen molar-refractivity contribution in [3.8, 4) is 0 Å². The number of hydrogen-bond donors (Lipinski definition) is 1. The van der Waals surface area contributed by atoms with E-state index in [0.29, 0.717) is 13.0 Å². The normalized spacial score (nSPS) is 14.2. The zero-order chi connectivity index (χ0) is 13.8. The summed E-state index contributed by atoms with van der Waals surface area (Å²) in [7, 11) is 0. The second kappa shape index (κ2) is 6.88. The molecule has 1 atom stereocenters. The first-order chi connectivity index (χ1) is 8.37. The smallest absolute Gasteiger partial charge is 0.329 e. The Labute approximate surface area is 117 Å². The zero-order valence-electron chi connectivity index (χ0n) is 10.0. The van der Waals surface area contributed by atoms with Crippen LogP contribution in [0.25, 0.3) is 0 Å². The minimum Gasteiger partial charge on any atom is -0.329 e. The van der Waals surface area contributed by atoms with Crippen LogP contribution in [-0.2, 0) is 0 Å². The van der Waals surface area contributed by atoms with Gasteiger partial charge in [-0.05, 0) is 41.0 Å². The molecule has 0 aliphatic rings. The largest absolute Gasteiger partial charge is 0.401 e. The van der Waals surface area contributed by atoms with Gasteiger partial charge in [0.2, 0.25) is 0 Å². The molecule has 1 aromatic heterocycles. The molecule has 0 amide bonds. The molecule has 0 aliphatic heterocycles. The van der Waals surface area contributed by atoms with E-state index >= 15 is 0 Å². The van der Waals surface area contributed by atoms with Gasteiger partial charge >= 0.3 is 6.18 Å². The van der Waals surface area contributed by atoms with Crippen molar-refractivity contribution in [2.24, 2.45) is 5.73 Å². The van der Waals surface area contributed by atoms with Crippen LogP contribution in [0.2, 0.25) is 0 Å². The highest BCUT2D eigenvalue weighted by molar-refractivity contribution is 9.11. The molecule has 2 N–H and O–H groups in total. The van der Waals surface area contributed by atoms with Gasteiger partial charge in [-0.25, -0.2) is 0 Å². The molecule has 0 spiro atoms. The van der Waals surface area contributed by atoms with Crippen LogP contribution in [0, 0.1) is 0 Å². The Morgan fingerprint density at radius 1 is 1.44 bits per heavy atom. The van der Waals surface area contributed by atoms with E-state index in [-0.39, 0.29) is 12.6 Å². The SMILES string of the molecule is CCCN(CC(F)(F)F)C(CN)c1ccc(Br)s1. The minimum absolute atomic E-state index is 0.184. The third-order valence-corrected chi connectivity index (χ3v) is 4.20. The van der Waals surface area contributed by atoms with Crippen molar-refractivity contribution < 1.29 is 13.2 Å². The third kappa shape index (κ3) is 4.87. The van der Waals surface area contributed by atoms with E-state index in [2.05, 4.69) is 15.9 Å². The van der Waals surface area contributed by atoms with E-state index in [0.717, 1.165) is 8.66 Å². The fraction of sp³-hybridized carbons (Fsp3) is 0.636. The number of alkyl halides is 3. The van der Waals surface area contributed by atoms with Gasteiger partial charge in [-0.2, -0.15) is 13.2 Å². The van der Waals surface area contributed by atoms with Crippen molar-refractivity contribution >= 4 is 27.3 Å². The molecule has 0 aromatic carbocycles. The van der Waals surface area contributed by atoms with Crippen molar-refractivity contribution in [3.63, 3.8) is 0 Å². The zero-order valence-corrected chi connectivity index (χ0v) is 12.4. The molecule has 0 fully saturated rings. The summed E-state index contributed by atoms with van der Waals surface area (Å²) < 4.78 is 38.6. The van der Waals surface area contributed by atoms with Crippen molar-refractivity contribution in [3.05, 3.63) is 20.8 Å². The molecule has 104 valence electrons. The minimum atomic E-state index is -4.20. The molecule has 1 rings (SSSR count). The standard InChI is InChI=1S/C11H16BrF3N2S/c1-2-5-17(7-11(13,14)15)8(6-16)9-3-4-10(12)18-9/h3-4,8H,2,5-7,16H2,1H3. The summed E-state index contributed by atoms with van der Waals surface area (Å²) >= 11 is 4.74. The van der Waals surface area contributed by atoms with Crippen LogP contribution in [0.1, 0.15) is 24.3 Å². The molecule has 0 radical (unpaired) electrons. The second-order valence-corrected chi connectivity index (χ2v) is 6.47. The fourth-order valence-corrected chi connectivity index (χ4v) is 3.39. The summed E-state index contributed by atoms with van der Waals surface area (Å²) in [4.78, 5) is 2.26. The van der Waals surface area contributed by atoms with Gasteiger partial charge in [0.05, 0.1) is 16.4 Å². The number of hydrogen-bond acceptors (Lipinski definition) is 3. The van der Waals surface area contributed by atoms with Gasteiger partial charge in [-0.1, -0.05) is 6.92 Å². The Morgan fingerprint density at radius 2 is 2.11 bits per heavy atom. The lowest BCUT2D eigenvalue weighted by Crippen LogP contribution is -2.40. The van der Waals surface area contributed by atoms with Crippen molar-refractivity contribution in [2.75, 3.05) is 19.6 Å². The van der Waals surface area contributed by atoms with Gasteiger partial charge in [-0.15, -0.1) is 11.3 Å². The number of nitrogens with zero attached hydrogens (tertiary/aromatic N) is 1. The molecule has 0 saturated heterocycles. The molecule has 1 heterocycles.